The van der Waals surface area contributed by atoms with Gasteiger partial charge in [-0.25, -0.2) is 9.97 Å². The van der Waals surface area contributed by atoms with Crippen molar-refractivity contribution in [1.82, 2.24) is 15.0 Å². The zero-order valence-electron chi connectivity index (χ0n) is 10.4. The Hall–Kier alpha value is -2.62. The van der Waals surface area contributed by atoms with Crippen LogP contribution in [0.15, 0.2) is 49.1 Å². The molecule has 0 N–H and O–H groups in total. The lowest BCUT2D eigenvalue weighted by atomic mass is 10.0. The standard InChI is InChI=1S/C15H11N3O/c1-10-7-17-15(18-8-10)14(19)13-4-2-3-11-9-16-6-5-12(11)13/h2-9H,1H3. The highest BCUT2D eigenvalue weighted by molar-refractivity contribution is 6.14. The van der Waals surface area contributed by atoms with E-state index in [0.29, 0.717) is 5.56 Å². The van der Waals surface area contributed by atoms with Crippen LogP contribution in [0.2, 0.25) is 0 Å². The third kappa shape index (κ3) is 2.08. The number of ketones is 1. The minimum absolute atomic E-state index is 0.170. The maximum Gasteiger partial charge on any atom is 0.230 e. The Morgan fingerprint density at radius 1 is 1.05 bits per heavy atom. The summed E-state index contributed by atoms with van der Waals surface area (Å²) < 4.78 is 0. The van der Waals surface area contributed by atoms with Gasteiger partial charge < -0.3 is 0 Å². The molecular weight excluding hydrogens is 238 g/mol. The topological polar surface area (TPSA) is 55.7 Å². The fourth-order valence-corrected chi connectivity index (χ4v) is 1.95. The van der Waals surface area contributed by atoms with E-state index in [1.165, 1.54) is 0 Å². The van der Waals surface area contributed by atoms with Crippen molar-refractivity contribution >= 4 is 16.6 Å². The highest BCUT2D eigenvalue weighted by Gasteiger charge is 2.14. The number of aromatic nitrogens is 3. The zero-order chi connectivity index (χ0) is 13.2. The maximum atomic E-state index is 12.4. The van der Waals surface area contributed by atoms with E-state index in [2.05, 4.69) is 15.0 Å². The van der Waals surface area contributed by atoms with Crippen LogP contribution in [0.3, 0.4) is 0 Å². The van der Waals surface area contributed by atoms with E-state index in [1.54, 1.807) is 30.9 Å². The smallest absolute Gasteiger partial charge is 0.230 e. The quantitative estimate of drug-likeness (QED) is 0.655. The van der Waals surface area contributed by atoms with E-state index < -0.39 is 0 Å². The van der Waals surface area contributed by atoms with Gasteiger partial charge in [-0.1, -0.05) is 18.2 Å². The Morgan fingerprint density at radius 3 is 2.63 bits per heavy atom. The van der Waals surface area contributed by atoms with Gasteiger partial charge in [0.25, 0.3) is 0 Å². The molecule has 4 nitrogen and oxygen atoms in total. The molecule has 19 heavy (non-hydrogen) atoms. The van der Waals surface area contributed by atoms with E-state index in [-0.39, 0.29) is 11.6 Å². The molecule has 0 saturated carbocycles. The van der Waals surface area contributed by atoms with Crippen LogP contribution in [0, 0.1) is 6.92 Å². The molecule has 2 aromatic heterocycles. The van der Waals surface area contributed by atoms with E-state index >= 15 is 0 Å². The van der Waals surface area contributed by atoms with Gasteiger partial charge in [-0.05, 0) is 23.9 Å². The predicted octanol–water partition coefficient (Wildman–Crippen LogP) is 2.56. The number of nitrogens with zero attached hydrogens (tertiary/aromatic N) is 3. The van der Waals surface area contributed by atoms with Gasteiger partial charge in [0, 0.05) is 35.7 Å². The molecule has 0 atom stereocenters. The number of aryl methyl sites for hydroxylation is 1. The van der Waals surface area contributed by atoms with Crippen LogP contribution >= 0.6 is 0 Å². The zero-order valence-corrected chi connectivity index (χ0v) is 10.4. The molecule has 0 fully saturated rings. The summed E-state index contributed by atoms with van der Waals surface area (Å²) in [7, 11) is 0. The first-order chi connectivity index (χ1) is 9.25. The fourth-order valence-electron chi connectivity index (χ4n) is 1.95. The number of carbonyl (C=O) groups excluding carboxylic acids is 1. The van der Waals surface area contributed by atoms with Gasteiger partial charge in [0.05, 0.1) is 0 Å². The summed E-state index contributed by atoms with van der Waals surface area (Å²) in [5.74, 6) is 0.0479. The molecule has 4 heteroatoms. The average molecular weight is 249 g/mol. The van der Waals surface area contributed by atoms with E-state index in [9.17, 15) is 4.79 Å². The molecule has 0 spiro atoms. The lowest BCUT2D eigenvalue weighted by Gasteiger charge is -2.04. The largest absolute Gasteiger partial charge is 0.285 e. The van der Waals surface area contributed by atoms with Gasteiger partial charge in [-0.15, -0.1) is 0 Å². The Morgan fingerprint density at radius 2 is 1.84 bits per heavy atom. The van der Waals surface area contributed by atoms with Gasteiger partial charge in [0.2, 0.25) is 11.6 Å². The Labute approximate surface area is 110 Å². The summed E-state index contributed by atoms with van der Waals surface area (Å²) in [6.45, 7) is 1.89. The van der Waals surface area contributed by atoms with Crippen molar-refractivity contribution in [1.29, 1.82) is 0 Å². The molecule has 0 aliphatic carbocycles. The van der Waals surface area contributed by atoms with E-state index in [0.717, 1.165) is 16.3 Å². The summed E-state index contributed by atoms with van der Waals surface area (Å²) in [5.41, 5.74) is 1.53. The van der Waals surface area contributed by atoms with Crippen LogP contribution in [0.5, 0.6) is 0 Å². The molecule has 0 aliphatic rings. The summed E-state index contributed by atoms with van der Waals surface area (Å²) in [5, 5.41) is 1.80. The predicted molar refractivity (Wildman–Crippen MR) is 71.9 cm³/mol. The molecule has 3 aromatic rings. The van der Waals surface area contributed by atoms with Crippen LogP contribution in [0.1, 0.15) is 21.7 Å². The number of rotatable bonds is 2. The Balaban J connectivity index is 2.14. The van der Waals surface area contributed by atoms with Crippen molar-refractivity contribution in [2.75, 3.05) is 0 Å². The second kappa shape index (κ2) is 4.57. The van der Waals surface area contributed by atoms with Crippen molar-refractivity contribution in [2.45, 2.75) is 6.92 Å². The second-order valence-corrected chi connectivity index (χ2v) is 4.32. The van der Waals surface area contributed by atoms with Gasteiger partial charge >= 0.3 is 0 Å². The minimum atomic E-state index is -0.170. The number of pyridine rings is 1. The van der Waals surface area contributed by atoms with Crippen LogP contribution in [0.25, 0.3) is 10.8 Å². The van der Waals surface area contributed by atoms with Crippen molar-refractivity contribution < 1.29 is 4.79 Å². The molecule has 0 radical (unpaired) electrons. The number of carbonyl (C=O) groups is 1. The minimum Gasteiger partial charge on any atom is -0.285 e. The summed E-state index contributed by atoms with van der Waals surface area (Å²) in [6, 6.07) is 7.38. The molecule has 0 aliphatic heterocycles. The summed E-state index contributed by atoms with van der Waals surface area (Å²) in [6.07, 6.45) is 6.71. The van der Waals surface area contributed by atoms with Crippen LogP contribution < -0.4 is 0 Å². The molecule has 2 heterocycles. The third-order valence-corrected chi connectivity index (χ3v) is 2.91. The van der Waals surface area contributed by atoms with Crippen molar-refractivity contribution in [2.24, 2.45) is 0 Å². The molecule has 92 valence electrons. The van der Waals surface area contributed by atoms with Gasteiger partial charge in [0.15, 0.2) is 0 Å². The van der Waals surface area contributed by atoms with Crippen molar-refractivity contribution in [3.63, 3.8) is 0 Å². The first-order valence-electron chi connectivity index (χ1n) is 5.92. The monoisotopic (exact) mass is 249 g/mol. The lowest BCUT2D eigenvalue weighted by Crippen LogP contribution is -2.07. The normalized spacial score (nSPS) is 10.6. The van der Waals surface area contributed by atoms with Crippen molar-refractivity contribution in [3.8, 4) is 0 Å². The third-order valence-electron chi connectivity index (χ3n) is 2.91. The fraction of sp³-hybridized carbons (Fsp3) is 0.0667. The van der Waals surface area contributed by atoms with Gasteiger partial charge in [-0.3, -0.25) is 9.78 Å². The molecule has 0 saturated heterocycles. The Kier molecular flexibility index (Phi) is 2.76. The molecule has 0 unspecified atom stereocenters. The highest BCUT2D eigenvalue weighted by atomic mass is 16.1. The highest BCUT2D eigenvalue weighted by Crippen LogP contribution is 2.19. The first kappa shape index (κ1) is 11.5. The van der Waals surface area contributed by atoms with E-state index in [4.69, 9.17) is 0 Å². The van der Waals surface area contributed by atoms with Crippen LogP contribution in [0.4, 0.5) is 0 Å². The number of benzene rings is 1. The van der Waals surface area contributed by atoms with Crippen LogP contribution in [-0.4, -0.2) is 20.7 Å². The number of fused-ring (bicyclic) bond motifs is 1. The SMILES string of the molecule is Cc1cnc(C(=O)c2cccc3cnccc23)nc1. The molecular formula is C15H11N3O. The summed E-state index contributed by atoms with van der Waals surface area (Å²) in [4.78, 5) is 24.7. The molecule has 1 aromatic carbocycles. The van der Waals surface area contributed by atoms with E-state index in [1.807, 2.05) is 25.1 Å². The first-order valence-corrected chi connectivity index (χ1v) is 5.92. The van der Waals surface area contributed by atoms with Crippen LogP contribution in [-0.2, 0) is 0 Å². The molecule has 3 rings (SSSR count). The molecule has 0 amide bonds. The Bertz CT molecular complexity index is 745. The number of hydrogen-bond donors (Lipinski definition) is 0. The average Bonchev–Trinajstić information content (AvgIpc) is 2.47. The maximum absolute atomic E-state index is 12.4. The second-order valence-electron chi connectivity index (χ2n) is 4.32. The van der Waals surface area contributed by atoms with Crippen molar-refractivity contribution in [3.05, 3.63) is 66.0 Å². The van der Waals surface area contributed by atoms with Gasteiger partial charge in [0.1, 0.15) is 0 Å². The number of hydrogen-bond acceptors (Lipinski definition) is 4. The summed E-state index contributed by atoms with van der Waals surface area (Å²) >= 11 is 0. The molecule has 0 bridgehead atoms. The lowest BCUT2D eigenvalue weighted by molar-refractivity contribution is 0.103. The van der Waals surface area contributed by atoms with Gasteiger partial charge in [-0.2, -0.15) is 0 Å².